The number of aliphatic hydroxyl groups excluding tert-OH is 1. The largest absolute Gasteiger partial charge is 0.396 e. The van der Waals surface area contributed by atoms with E-state index in [0.29, 0.717) is 5.78 Å². The summed E-state index contributed by atoms with van der Waals surface area (Å²) in [6.45, 7) is 7.98. The molecule has 0 aliphatic carbocycles. The highest BCUT2D eigenvalue weighted by Crippen LogP contribution is 2.32. The van der Waals surface area contributed by atoms with Gasteiger partial charge in [-0.1, -0.05) is 26.7 Å². The Labute approximate surface area is 117 Å². The van der Waals surface area contributed by atoms with E-state index < -0.39 is 0 Å². The van der Waals surface area contributed by atoms with E-state index >= 15 is 0 Å². The summed E-state index contributed by atoms with van der Waals surface area (Å²) in [5, 5.41) is 15.5. The second-order valence-corrected chi connectivity index (χ2v) is 5.92. The number of ketones is 1. The molecule has 4 heteroatoms. The number of carbonyl (C=O) groups is 1. The van der Waals surface area contributed by atoms with Gasteiger partial charge in [0.05, 0.1) is 0 Å². The molecule has 0 saturated carbocycles. The maximum absolute atomic E-state index is 12.7. The molecule has 4 nitrogen and oxygen atoms in total. The van der Waals surface area contributed by atoms with Crippen molar-refractivity contribution in [2.75, 3.05) is 32.8 Å². The second-order valence-electron chi connectivity index (χ2n) is 5.92. The highest BCUT2D eigenvalue weighted by atomic mass is 16.2. The zero-order valence-electron chi connectivity index (χ0n) is 12.5. The van der Waals surface area contributed by atoms with Crippen molar-refractivity contribution in [3.05, 3.63) is 0 Å². The van der Waals surface area contributed by atoms with E-state index in [1.54, 1.807) is 0 Å². The number of nitrogens with one attached hydrogen (secondary N) is 2. The number of rotatable bonds is 8. The smallest absolute Gasteiger partial charge is 0.144 e. The Balaban J connectivity index is 2.52. The minimum absolute atomic E-state index is 0.102. The predicted octanol–water partition coefficient (Wildman–Crippen LogP) is 1.33. The van der Waals surface area contributed by atoms with Crippen molar-refractivity contribution in [3.8, 4) is 0 Å². The van der Waals surface area contributed by atoms with Gasteiger partial charge in [0.2, 0.25) is 0 Å². The summed E-state index contributed by atoms with van der Waals surface area (Å²) in [4.78, 5) is 12.7. The summed E-state index contributed by atoms with van der Waals surface area (Å²) in [6.07, 6.45) is 4.74. The van der Waals surface area contributed by atoms with Crippen LogP contribution in [-0.4, -0.2) is 43.7 Å². The summed E-state index contributed by atoms with van der Waals surface area (Å²) in [6, 6.07) is 0. The molecule has 0 aromatic rings. The lowest BCUT2D eigenvalue weighted by atomic mass is 9.73. The van der Waals surface area contributed by atoms with Gasteiger partial charge in [-0.15, -0.1) is 0 Å². The lowest BCUT2D eigenvalue weighted by molar-refractivity contribution is -0.132. The third-order valence-electron chi connectivity index (χ3n) is 4.39. The fraction of sp³-hybridized carbons (Fsp3) is 0.933. The molecule has 0 bridgehead atoms. The van der Waals surface area contributed by atoms with Crippen LogP contribution in [0.1, 0.15) is 46.0 Å². The minimum atomic E-state index is -0.201. The molecule has 1 unspecified atom stereocenters. The third-order valence-corrected chi connectivity index (χ3v) is 4.39. The zero-order chi connectivity index (χ0) is 14.1. The van der Waals surface area contributed by atoms with Crippen LogP contribution in [0.3, 0.4) is 0 Å². The Hall–Kier alpha value is -0.450. The normalized spacial score (nSPS) is 20.8. The summed E-state index contributed by atoms with van der Waals surface area (Å²) >= 11 is 0. The maximum atomic E-state index is 12.7. The van der Waals surface area contributed by atoms with Gasteiger partial charge in [0, 0.05) is 44.1 Å². The summed E-state index contributed by atoms with van der Waals surface area (Å²) < 4.78 is 0. The Morgan fingerprint density at radius 3 is 2.37 bits per heavy atom. The van der Waals surface area contributed by atoms with E-state index in [9.17, 15) is 4.79 Å². The third kappa shape index (κ3) is 5.21. The lowest BCUT2D eigenvalue weighted by Crippen LogP contribution is -2.40. The van der Waals surface area contributed by atoms with Crippen LogP contribution < -0.4 is 10.6 Å². The number of unbranched alkanes of at least 4 members (excludes halogenated alkanes) is 2. The summed E-state index contributed by atoms with van der Waals surface area (Å²) in [5.41, 5.74) is -0.201. The van der Waals surface area contributed by atoms with E-state index in [1.165, 1.54) is 0 Å². The van der Waals surface area contributed by atoms with E-state index in [2.05, 4.69) is 24.5 Å². The van der Waals surface area contributed by atoms with Gasteiger partial charge in [0.15, 0.2) is 0 Å². The topological polar surface area (TPSA) is 61.4 Å². The fourth-order valence-electron chi connectivity index (χ4n) is 2.76. The quantitative estimate of drug-likeness (QED) is 0.582. The molecule has 0 spiro atoms. The lowest BCUT2D eigenvalue weighted by Gasteiger charge is -2.30. The molecule has 1 heterocycles. The van der Waals surface area contributed by atoms with Crippen molar-refractivity contribution in [1.29, 1.82) is 0 Å². The van der Waals surface area contributed by atoms with Crippen LogP contribution in [0.15, 0.2) is 0 Å². The number of Topliss-reactive ketones (excluding diaryl/α,β-unsaturated/α-hetero) is 1. The molecule has 0 aromatic carbocycles. The van der Waals surface area contributed by atoms with Crippen LogP contribution >= 0.6 is 0 Å². The van der Waals surface area contributed by atoms with E-state index in [4.69, 9.17) is 5.11 Å². The zero-order valence-corrected chi connectivity index (χ0v) is 12.5. The van der Waals surface area contributed by atoms with Crippen molar-refractivity contribution >= 4 is 5.78 Å². The van der Waals surface area contributed by atoms with E-state index in [0.717, 1.165) is 58.3 Å². The number of hydrogen-bond acceptors (Lipinski definition) is 4. The van der Waals surface area contributed by atoms with Crippen molar-refractivity contribution in [2.45, 2.75) is 46.0 Å². The number of carbonyl (C=O) groups excluding carboxylic acids is 1. The molecular formula is C15H30N2O2. The first-order valence-corrected chi connectivity index (χ1v) is 7.70. The summed E-state index contributed by atoms with van der Waals surface area (Å²) in [5.74, 6) is 0.506. The van der Waals surface area contributed by atoms with Gasteiger partial charge in [-0.2, -0.15) is 0 Å². The monoisotopic (exact) mass is 270 g/mol. The first kappa shape index (κ1) is 16.6. The van der Waals surface area contributed by atoms with Crippen LogP contribution in [-0.2, 0) is 4.79 Å². The van der Waals surface area contributed by atoms with Gasteiger partial charge in [-0.25, -0.2) is 0 Å². The first-order chi connectivity index (χ1) is 9.14. The van der Waals surface area contributed by atoms with Gasteiger partial charge in [-0.05, 0) is 19.3 Å². The molecule has 19 heavy (non-hydrogen) atoms. The van der Waals surface area contributed by atoms with Crippen molar-refractivity contribution < 1.29 is 9.90 Å². The summed E-state index contributed by atoms with van der Waals surface area (Å²) in [7, 11) is 0. The van der Waals surface area contributed by atoms with Crippen molar-refractivity contribution in [3.63, 3.8) is 0 Å². The molecule has 1 aliphatic rings. The molecule has 0 aromatic heterocycles. The van der Waals surface area contributed by atoms with E-state index in [1.807, 2.05) is 0 Å². The molecule has 1 fully saturated rings. The molecule has 0 amide bonds. The van der Waals surface area contributed by atoms with Crippen LogP contribution in [0.4, 0.5) is 0 Å². The molecular weight excluding hydrogens is 240 g/mol. The van der Waals surface area contributed by atoms with Gasteiger partial charge in [-0.3, -0.25) is 4.79 Å². The Bertz CT molecular complexity index is 263. The molecule has 1 rings (SSSR count). The molecule has 1 aliphatic heterocycles. The van der Waals surface area contributed by atoms with Gasteiger partial charge >= 0.3 is 0 Å². The molecule has 0 radical (unpaired) electrons. The Morgan fingerprint density at radius 1 is 1.21 bits per heavy atom. The molecule has 3 N–H and O–H groups in total. The maximum Gasteiger partial charge on any atom is 0.144 e. The average Bonchev–Trinajstić information content (AvgIpc) is 2.71. The Morgan fingerprint density at radius 2 is 1.84 bits per heavy atom. The Kier molecular flexibility index (Phi) is 7.57. The first-order valence-electron chi connectivity index (χ1n) is 7.70. The fourth-order valence-corrected chi connectivity index (χ4v) is 2.76. The molecule has 1 saturated heterocycles. The number of hydrogen-bond donors (Lipinski definition) is 3. The van der Waals surface area contributed by atoms with Crippen LogP contribution in [0.5, 0.6) is 0 Å². The highest BCUT2D eigenvalue weighted by Gasteiger charge is 2.35. The van der Waals surface area contributed by atoms with E-state index in [-0.39, 0.29) is 17.9 Å². The molecule has 1 atom stereocenters. The highest BCUT2D eigenvalue weighted by molar-refractivity contribution is 5.87. The number of aliphatic hydroxyl groups is 1. The van der Waals surface area contributed by atoms with Gasteiger partial charge in [0.1, 0.15) is 5.78 Å². The average molecular weight is 270 g/mol. The minimum Gasteiger partial charge on any atom is -0.396 e. The SMILES string of the molecule is CCC(C)(CCCCCO)C(=O)C1CNCCNC1. The van der Waals surface area contributed by atoms with Crippen LogP contribution in [0.2, 0.25) is 0 Å². The standard InChI is InChI=1S/C15H30N2O2/c1-3-15(2,7-5-4-6-10-18)14(19)13-11-16-8-9-17-12-13/h13,16-18H,3-12H2,1-2H3. The molecule has 112 valence electrons. The van der Waals surface area contributed by atoms with Crippen LogP contribution in [0, 0.1) is 11.3 Å². The second kappa shape index (κ2) is 8.67. The van der Waals surface area contributed by atoms with Crippen LogP contribution in [0.25, 0.3) is 0 Å². The van der Waals surface area contributed by atoms with Gasteiger partial charge < -0.3 is 15.7 Å². The van der Waals surface area contributed by atoms with Crippen molar-refractivity contribution in [1.82, 2.24) is 10.6 Å². The van der Waals surface area contributed by atoms with Crippen molar-refractivity contribution in [2.24, 2.45) is 11.3 Å². The van der Waals surface area contributed by atoms with Gasteiger partial charge in [0.25, 0.3) is 0 Å². The predicted molar refractivity (Wildman–Crippen MR) is 78.2 cm³/mol.